The van der Waals surface area contributed by atoms with Crippen LogP contribution >= 0.6 is 11.8 Å². The molecule has 1 aliphatic heterocycles. The van der Waals surface area contributed by atoms with E-state index < -0.39 is 21.1 Å². The summed E-state index contributed by atoms with van der Waals surface area (Å²) in [5, 5.41) is 10.2. The van der Waals surface area contributed by atoms with Crippen molar-refractivity contribution < 1.29 is 26.8 Å². The second-order valence-corrected chi connectivity index (χ2v) is 10.4. The lowest BCUT2D eigenvalue weighted by atomic mass is 10.2. The number of aromatic nitrogens is 2. The number of carbonyl (C=O) groups excluding carboxylic acids is 1. The topological polar surface area (TPSA) is 115 Å². The lowest BCUT2D eigenvalue weighted by Crippen LogP contribution is -2.40. The molecule has 1 aliphatic rings. The van der Waals surface area contributed by atoms with Crippen molar-refractivity contribution in [1.82, 2.24) is 14.5 Å². The highest BCUT2D eigenvalue weighted by atomic mass is 32.2. The van der Waals surface area contributed by atoms with Crippen LogP contribution in [-0.2, 0) is 19.6 Å². The van der Waals surface area contributed by atoms with Crippen molar-refractivity contribution in [3.63, 3.8) is 0 Å². The monoisotopic (exact) mass is 492 g/mol. The fourth-order valence-corrected chi connectivity index (χ4v) is 5.22. The van der Waals surface area contributed by atoms with Gasteiger partial charge in [0.05, 0.1) is 23.4 Å². The van der Waals surface area contributed by atoms with E-state index in [9.17, 15) is 17.6 Å². The van der Waals surface area contributed by atoms with Crippen molar-refractivity contribution in [3.05, 3.63) is 54.3 Å². The molecule has 9 nitrogen and oxygen atoms in total. The number of carbonyl (C=O) groups is 1. The minimum atomic E-state index is -3.67. The van der Waals surface area contributed by atoms with Gasteiger partial charge in [-0.2, -0.15) is 4.31 Å². The van der Waals surface area contributed by atoms with Crippen LogP contribution in [0.5, 0.6) is 0 Å². The number of hydrogen-bond donors (Lipinski definition) is 1. The first-order valence-electron chi connectivity index (χ1n) is 10.1. The molecule has 2 heterocycles. The van der Waals surface area contributed by atoms with E-state index in [1.54, 1.807) is 19.1 Å². The first-order valence-corrected chi connectivity index (χ1v) is 12.4. The van der Waals surface area contributed by atoms with Crippen molar-refractivity contribution in [2.24, 2.45) is 0 Å². The lowest BCUT2D eigenvalue weighted by Gasteiger charge is -2.26. The van der Waals surface area contributed by atoms with E-state index in [1.165, 1.54) is 40.7 Å². The van der Waals surface area contributed by atoms with Gasteiger partial charge < -0.3 is 14.5 Å². The van der Waals surface area contributed by atoms with Crippen molar-refractivity contribution >= 4 is 33.4 Å². The Kier molecular flexibility index (Phi) is 7.08. The summed E-state index contributed by atoms with van der Waals surface area (Å²) in [5.74, 6) is -0.566. The molecule has 3 aromatic rings. The Balaban J connectivity index is 1.44. The number of anilines is 1. The Morgan fingerprint density at radius 3 is 2.61 bits per heavy atom. The van der Waals surface area contributed by atoms with Gasteiger partial charge >= 0.3 is 0 Å². The minimum Gasteiger partial charge on any atom is -0.411 e. The molecule has 0 bridgehead atoms. The van der Waals surface area contributed by atoms with Gasteiger partial charge in [-0.25, -0.2) is 12.8 Å². The van der Waals surface area contributed by atoms with Gasteiger partial charge in [0.25, 0.3) is 5.22 Å². The zero-order chi connectivity index (χ0) is 23.4. The molecule has 12 heteroatoms. The number of thioether (sulfide) groups is 1. The fourth-order valence-electron chi connectivity index (χ4n) is 3.08. The highest BCUT2D eigenvalue weighted by Gasteiger charge is 2.27. The number of nitrogens with one attached hydrogen (secondary N) is 1. The van der Waals surface area contributed by atoms with E-state index in [4.69, 9.17) is 9.15 Å². The lowest BCUT2D eigenvalue weighted by molar-refractivity contribution is -0.115. The maximum absolute atomic E-state index is 13.0. The zero-order valence-corrected chi connectivity index (χ0v) is 19.2. The summed E-state index contributed by atoms with van der Waals surface area (Å²) in [6.45, 7) is 2.98. The average molecular weight is 493 g/mol. The van der Waals surface area contributed by atoms with Crippen molar-refractivity contribution in [2.45, 2.75) is 22.3 Å². The Bertz CT molecular complexity index is 1230. The number of nitrogens with zero attached hydrogens (tertiary/aromatic N) is 3. The number of halogens is 1. The van der Waals surface area contributed by atoms with Crippen LogP contribution in [0.3, 0.4) is 0 Å². The van der Waals surface area contributed by atoms with Crippen LogP contribution in [0.1, 0.15) is 6.92 Å². The minimum absolute atomic E-state index is 0.126. The SMILES string of the molecule is CC(Sc1nnc(-c2cccc(S(=O)(=O)N3CCOCC3)c2)o1)C(=O)Nc1ccc(F)cc1. The maximum atomic E-state index is 13.0. The summed E-state index contributed by atoms with van der Waals surface area (Å²) < 4.78 is 51.1. The predicted molar refractivity (Wildman–Crippen MR) is 120 cm³/mol. The highest BCUT2D eigenvalue weighted by molar-refractivity contribution is 8.00. The Morgan fingerprint density at radius 2 is 1.88 bits per heavy atom. The van der Waals surface area contributed by atoms with Gasteiger partial charge in [-0.1, -0.05) is 17.8 Å². The summed E-state index contributed by atoms with van der Waals surface area (Å²) in [4.78, 5) is 12.5. The Hall–Kier alpha value is -2.80. The number of sulfonamides is 1. The van der Waals surface area contributed by atoms with Crippen LogP contribution in [0.15, 0.2) is 63.1 Å². The van der Waals surface area contributed by atoms with Gasteiger partial charge in [0.1, 0.15) is 5.82 Å². The molecule has 1 amide bonds. The van der Waals surface area contributed by atoms with Gasteiger partial charge in [-0.3, -0.25) is 4.79 Å². The van der Waals surface area contributed by atoms with E-state index in [1.807, 2.05) is 0 Å². The molecular weight excluding hydrogens is 471 g/mol. The largest absolute Gasteiger partial charge is 0.411 e. The average Bonchev–Trinajstić information content (AvgIpc) is 3.29. The second kappa shape index (κ2) is 10.00. The van der Waals surface area contributed by atoms with Gasteiger partial charge in [0.2, 0.25) is 21.8 Å². The highest BCUT2D eigenvalue weighted by Crippen LogP contribution is 2.28. The number of ether oxygens (including phenoxy) is 1. The third-order valence-electron chi connectivity index (χ3n) is 4.85. The third kappa shape index (κ3) is 5.58. The van der Waals surface area contributed by atoms with Crippen LogP contribution in [0.2, 0.25) is 0 Å². The molecule has 0 saturated carbocycles. The number of benzene rings is 2. The van der Waals surface area contributed by atoms with E-state index >= 15 is 0 Å². The van der Waals surface area contributed by atoms with Gasteiger partial charge in [-0.05, 0) is 49.4 Å². The molecule has 1 aromatic heterocycles. The smallest absolute Gasteiger partial charge is 0.277 e. The Morgan fingerprint density at radius 1 is 1.15 bits per heavy atom. The normalized spacial score (nSPS) is 15.8. The quantitative estimate of drug-likeness (QED) is 0.501. The molecule has 2 aromatic carbocycles. The molecule has 174 valence electrons. The molecule has 1 atom stereocenters. The van der Waals surface area contributed by atoms with E-state index in [0.29, 0.717) is 37.6 Å². The van der Waals surface area contributed by atoms with Gasteiger partial charge in [0.15, 0.2) is 0 Å². The molecule has 0 spiro atoms. The molecular formula is C21H21FN4O5S2. The first kappa shape index (κ1) is 23.4. The van der Waals surface area contributed by atoms with E-state index in [-0.39, 0.29) is 21.9 Å². The molecule has 1 fully saturated rings. The van der Waals surface area contributed by atoms with Crippen LogP contribution in [0.25, 0.3) is 11.5 Å². The molecule has 4 rings (SSSR count). The molecule has 1 unspecified atom stereocenters. The van der Waals surface area contributed by atoms with E-state index in [2.05, 4.69) is 15.5 Å². The molecule has 1 saturated heterocycles. The number of rotatable bonds is 7. The van der Waals surface area contributed by atoms with Crippen molar-refractivity contribution in [1.29, 1.82) is 0 Å². The van der Waals surface area contributed by atoms with Crippen molar-refractivity contribution in [3.8, 4) is 11.5 Å². The first-order chi connectivity index (χ1) is 15.8. The second-order valence-electron chi connectivity index (χ2n) is 7.17. The number of hydrogen-bond acceptors (Lipinski definition) is 8. The summed E-state index contributed by atoms with van der Waals surface area (Å²) in [7, 11) is -3.67. The molecule has 0 aliphatic carbocycles. The van der Waals surface area contributed by atoms with Crippen LogP contribution in [0.4, 0.5) is 10.1 Å². The maximum Gasteiger partial charge on any atom is 0.277 e. The fraction of sp³-hybridized carbons (Fsp3) is 0.286. The predicted octanol–water partition coefficient (Wildman–Crippen LogP) is 3.02. The summed E-state index contributed by atoms with van der Waals surface area (Å²) >= 11 is 1.06. The summed E-state index contributed by atoms with van der Waals surface area (Å²) in [6, 6.07) is 11.7. The number of amides is 1. The van der Waals surface area contributed by atoms with Gasteiger partial charge in [0, 0.05) is 24.3 Å². The standard InChI is InChI=1S/C21H21FN4O5S2/c1-14(19(27)23-17-7-5-16(22)6-8-17)32-21-25-24-20(31-21)15-3-2-4-18(13-15)33(28,29)26-9-11-30-12-10-26/h2-8,13-14H,9-12H2,1H3,(H,23,27). The van der Waals surface area contributed by atoms with Crippen LogP contribution in [0, 0.1) is 5.82 Å². The van der Waals surface area contributed by atoms with Crippen LogP contribution < -0.4 is 5.32 Å². The molecule has 1 N–H and O–H groups in total. The third-order valence-corrected chi connectivity index (χ3v) is 7.68. The number of morpholine rings is 1. The zero-order valence-electron chi connectivity index (χ0n) is 17.6. The Labute approximate surface area is 194 Å². The molecule has 33 heavy (non-hydrogen) atoms. The summed E-state index contributed by atoms with van der Waals surface area (Å²) in [5.41, 5.74) is 0.922. The summed E-state index contributed by atoms with van der Waals surface area (Å²) in [6.07, 6.45) is 0. The van der Waals surface area contributed by atoms with Crippen LogP contribution in [-0.4, -0.2) is 60.4 Å². The van der Waals surface area contributed by atoms with Gasteiger partial charge in [-0.15, -0.1) is 10.2 Å². The van der Waals surface area contributed by atoms with E-state index in [0.717, 1.165) is 11.8 Å². The molecule has 0 radical (unpaired) electrons. The van der Waals surface area contributed by atoms with Crippen molar-refractivity contribution in [2.75, 3.05) is 31.6 Å².